The fraction of sp³-hybridized carbons (Fsp3) is 0.211. The molecule has 1 N–H and O–H groups in total. The lowest BCUT2D eigenvalue weighted by molar-refractivity contribution is 0.0938. The van der Waals surface area contributed by atoms with Crippen molar-refractivity contribution in [2.75, 3.05) is 5.75 Å². The van der Waals surface area contributed by atoms with Gasteiger partial charge in [0.2, 0.25) is 0 Å². The summed E-state index contributed by atoms with van der Waals surface area (Å²) in [7, 11) is 0. The van der Waals surface area contributed by atoms with E-state index < -0.39 is 0 Å². The number of nitrogens with one attached hydrogen (secondary N) is 1. The molecule has 0 spiro atoms. The van der Waals surface area contributed by atoms with Crippen molar-refractivity contribution < 1.29 is 9.18 Å². The smallest absolute Gasteiger partial charge is 0.263 e. The van der Waals surface area contributed by atoms with Crippen molar-refractivity contribution >= 4 is 29.0 Å². The largest absolute Gasteiger partial charge is 0.344 e. The molecule has 1 aliphatic heterocycles. The van der Waals surface area contributed by atoms with Crippen LogP contribution in [0.5, 0.6) is 0 Å². The molecule has 2 aromatic heterocycles. The summed E-state index contributed by atoms with van der Waals surface area (Å²) in [5.41, 5.74) is 2.28. The summed E-state index contributed by atoms with van der Waals surface area (Å²) in [6.45, 7) is 1.82. The molecule has 7 heteroatoms. The number of amides is 1. The predicted octanol–water partition coefficient (Wildman–Crippen LogP) is 4.62. The molecule has 132 valence electrons. The van der Waals surface area contributed by atoms with E-state index in [2.05, 4.69) is 15.3 Å². The van der Waals surface area contributed by atoms with E-state index in [9.17, 15) is 9.18 Å². The van der Waals surface area contributed by atoms with Crippen molar-refractivity contribution in [3.05, 3.63) is 64.5 Å². The van der Waals surface area contributed by atoms with Gasteiger partial charge in [-0.3, -0.25) is 9.78 Å². The standard InChI is InChI=1S/C19H16FN3OS2/c1-11-16(26-19(22-11)15-7-2-3-9-21-15)18(24)23-14-8-10-25-17-12(14)5-4-6-13(17)20/h2-7,9,14H,8,10H2,1H3,(H,23,24). The Kier molecular flexibility index (Phi) is 4.74. The number of hydrogen-bond acceptors (Lipinski definition) is 5. The molecule has 1 amide bonds. The van der Waals surface area contributed by atoms with Gasteiger partial charge in [0.1, 0.15) is 15.7 Å². The molecule has 1 unspecified atom stereocenters. The SMILES string of the molecule is Cc1nc(-c2ccccn2)sc1C(=O)NC1CCSc2c(F)cccc21. The van der Waals surface area contributed by atoms with Crippen LogP contribution in [0.4, 0.5) is 4.39 Å². The number of aromatic nitrogens is 2. The molecular formula is C19H16FN3OS2. The molecule has 0 aliphatic carbocycles. The van der Waals surface area contributed by atoms with Gasteiger partial charge in [-0.15, -0.1) is 23.1 Å². The Morgan fingerprint density at radius 3 is 2.96 bits per heavy atom. The minimum absolute atomic E-state index is 0.172. The zero-order valence-electron chi connectivity index (χ0n) is 14.0. The topological polar surface area (TPSA) is 54.9 Å². The number of halogens is 1. The Bertz CT molecular complexity index is 959. The number of fused-ring (bicyclic) bond motifs is 1. The predicted molar refractivity (Wildman–Crippen MR) is 102 cm³/mol. The number of benzene rings is 1. The van der Waals surface area contributed by atoms with E-state index in [-0.39, 0.29) is 17.8 Å². The number of carbonyl (C=O) groups excluding carboxylic acids is 1. The maximum Gasteiger partial charge on any atom is 0.263 e. The number of thioether (sulfide) groups is 1. The molecule has 0 saturated carbocycles. The van der Waals surface area contributed by atoms with E-state index in [1.165, 1.54) is 29.2 Å². The van der Waals surface area contributed by atoms with Gasteiger partial charge in [-0.2, -0.15) is 0 Å². The Labute approximate surface area is 158 Å². The Morgan fingerprint density at radius 2 is 2.15 bits per heavy atom. The van der Waals surface area contributed by atoms with Crippen LogP contribution in [0.25, 0.3) is 10.7 Å². The molecule has 0 fully saturated rings. The lowest BCUT2D eigenvalue weighted by Gasteiger charge is -2.26. The van der Waals surface area contributed by atoms with Gasteiger partial charge in [-0.1, -0.05) is 18.2 Å². The minimum atomic E-state index is -0.224. The van der Waals surface area contributed by atoms with Crippen LogP contribution in [0, 0.1) is 12.7 Å². The summed E-state index contributed by atoms with van der Waals surface area (Å²) >= 11 is 2.83. The van der Waals surface area contributed by atoms with Gasteiger partial charge in [0.25, 0.3) is 5.91 Å². The summed E-state index contributed by atoms with van der Waals surface area (Å²) in [5, 5.41) is 3.78. The quantitative estimate of drug-likeness (QED) is 0.715. The zero-order chi connectivity index (χ0) is 18.1. The normalized spacial score (nSPS) is 16.2. The van der Waals surface area contributed by atoms with E-state index in [0.717, 1.165) is 28.4 Å². The van der Waals surface area contributed by atoms with Crippen LogP contribution in [0.1, 0.15) is 33.4 Å². The minimum Gasteiger partial charge on any atom is -0.344 e. The van der Waals surface area contributed by atoms with Crippen molar-refractivity contribution in [1.29, 1.82) is 0 Å². The first-order chi connectivity index (χ1) is 12.6. The van der Waals surface area contributed by atoms with Crippen LogP contribution < -0.4 is 5.32 Å². The number of thiazole rings is 1. The Hall–Kier alpha value is -2.25. The molecule has 0 radical (unpaired) electrons. The summed E-state index contributed by atoms with van der Waals surface area (Å²) in [6.07, 6.45) is 2.48. The molecule has 0 saturated heterocycles. The monoisotopic (exact) mass is 385 g/mol. The lowest BCUT2D eigenvalue weighted by atomic mass is 10.0. The van der Waals surface area contributed by atoms with Crippen LogP contribution in [0.15, 0.2) is 47.5 Å². The third-order valence-electron chi connectivity index (χ3n) is 4.22. The van der Waals surface area contributed by atoms with Gasteiger partial charge in [0, 0.05) is 16.8 Å². The average Bonchev–Trinajstić information content (AvgIpc) is 3.05. The van der Waals surface area contributed by atoms with Crippen LogP contribution in [-0.2, 0) is 0 Å². The summed E-state index contributed by atoms with van der Waals surface area (Å²) in [6, 6.07) is 10.5. The molecule has 4 nitrogen and oxygen atoms in total. The molecule has 4 rings (SSSR count). The van der Waals surface area contributed by atoms with Crippen LogP contribution in [0.3, 0.4) is 0 Å². The molecular weight excluding hydrogens is 369 g/mol. The maximum absolute atomic E-state index is 14.0. The highest BCUT2D eigenvalue weighted by Crippen LogP contribution is 2.38. The van der Waals surface area contributed by atoms with E-state index in [1.54, 1.807) is 12.3 Å². The van der Waals surface area contributed by atoms with Crippen LogP contribution in [0.2, 0.25) is 0 Å². The molecule has 0 bridgehead atoms. The van der Waals surface area contributed by atoms with E-state index in [0.29, 0.717) is 15.5 Å². The van der Waals surface area contributed by atoms with Gasteiger partial charge < -0.3 is 5.32 Å². The number of carbonyl (C=O) groups is 1. The van der Waals surface area contributed by atoms with Crippen LogP contribution in [-0.4, -0.2) is 21.6 Å². The molecule has 26 heavy (non-hydrogen) atoms. The van der Waals surface area contributed by atoms with Gasteiger partial charge in [-0.05, 0) is 37.1 Å². The van der Waals surface area contributed by atoms with Crippen molar-refractivity contribution in [3.63, 3.8) is 0 Å². The fourth-order valence-electron chi connectivity index (χ4n) is 2.97. The first-order valence-corrected chi connectivity index (χ1v) is 10.0. The molecule has 1 aromatic carbocycles. The Balaban J connectivity index is 1.59. The summed E-state index contributed by atoms with van der Waals surface area (Å²) in [4.78, 5) is 22.8. The van der Waals surface area contributed by atoms with Gasteiger partial charge >= 0.3 is 0 Å². The second-order valence-electron chi connectivity index (χ2n) is 5.97. The number of aryl methyl sites for hydroxylation is 1. The molecule has 3 aromatic rings. The van der Waals surface area contributed by atoms with Crippen molar-refractivity contribution in [1.82, 2.24) is 15.3 Å². The fourth-order valence-corrected chi connectivity index (χ4v) is 5.05. The number of rotatable bonds is 3. The average molecular weight is 385 g/mol. The summed E-state index contributed by atoms with van der Waals surface area (Å²) in [5.74, 6) is 0.381. The van der Waals surface area contributed by atoms with E-state index >= 15 is 0 Å². The maximum atomic E-state index is 14.0. The summed E-state index contributed by atoms with van der Waals surface area (Å²) < 4.78 is 14.0. The highest BCUT2D eigenvalue weighted by Gasteiger charge is 2.26. The third-order valence-corrected chi connectivity index (χ3v) is 6.56. The zero-order valence-corrected chi connectivity index (χ0v) is 15.7. The first-order valence-electron chi connectivity index (χ1n) is 8.24. The van der Waals surface area contributed by atoms with Gasteiger partial charge in [-0.25, -0.2) is 9.37 Å². The molecule has 1 aliphatic rings. The van der Waals surface area contributed by atoms with Gasteiger partial charge in [0.05, 0.1) is 17.4 Å². The number of pyridine rings is 1. The van der Waals surface area contributed by atoms with Crippen molar-refractivity contribution in [2.24, 2.45) is 0 Å². The second kappa shape index (κ2) is 7.17. The highest BCUT2D eigenvalue weighted by molar-refractivity contribution is 7.99. The number of hydrogen-bond donors (Lipinski definition) is 1. The van der Waals surface area contributed by atoms with Crippen molar-refractivity contribution in [3.8, 4) is 10.7 Å². The second-order valence-corrected chi connectivity index (χ2v) is 8.07. The lowest BCUT2D eigenvalue weighted by Crippen LogP contribution is -2.30. The number of nitrogens with zero attached hydrogens (tertiary/aromatic N) is 2. The van der Waals surface area contributed by atoms with Gasteiger partial charge in [0.15, 0.2) is 0 Å². The van der Waals surface area contributed by atoms with Crippen LogP contribution >= 0.6 is 23.1 Å². The third kappa shape index (κ3) is 3.24. The van der Waals surface area contributed by atoms with E-state index in [4.69, 9.17) is 0 Å². The first kappa shape index (κ1) is 17.2. The highest BCUT2D eigenvalue weighted by atomic mass is 32.2. The molecule has 3 heterocycles. The molecule has 1 atom stereocenters. The van der Waals surface area contributed by atoms with Crippen molar-refractivity contribution in [2.45, 2.75) is 24.3 Å². The van der Waals surface area contributed by atoms with E-state index in [1.807, 2.05) is 31.2 Å². The Morgan fingerprint density at radius 1 is 1.27 bits per heavy atom.